The minimum atomic E-state index is -4.68. The van der Waals surface area contributed by atoms with Crippen LogP contribution in [-0.2, 0) is 25.6 Å². The number of aryl methyl sites for hydroxylation is 1. The number of carbonyl (C=O) groups excluding carboxylic acids is 1. The molecule has 0 unspecified atom stereocenters. The quantitative estimate of drug-likeness (QED) is 0.133. The lowest BCUT2D eigenvalue weighted by molar-refractivity contribution is -0.0468. The lowest BCUT2D eigenvalue weighted by atomic mass is 10.1. The highest BCUT2D eigenvalue weighted by molar-refractivity contribution is 7.85. The monoisotopic (exact) mass is 617 g/mol. The third-order valence-electron chi connectivity index (χ3n) is 6.83. The molecule has 43 heavy (non-hydrogen) atoms. The summed E-state index contributed by atoms with van der Waals surface area (Å²) >= 11 is 0. The van der Waals surface area contributed by atoms with Crippen LogP contribution in [0.3, 0.4) is 0 Å². The summed E-state index contributed by atoms with van der Waals surface area (Å²) < 4.78 is 39.6. The number of unbranched alkanes of at least 4 members (excludes halogenated alkanes) is 3. The van der Waals surface area contributed by atoms with Crippen molar-refractivity contribution < 1.29 is 37.5 Å². The SMILES string of the molecule is CCCCCCc1cn(-c2nc(N)c3ncn([C@@H]4O[C@H](COS(=O)(=O)NC(=O)c5ccccc5O)[C@@H](O)[C@H]4O)c3n2)nn1. The smallest absolute Gasteiger partial charge is 0.362 e. The Balaban J connectivity index is 1.29. The van der Waals surface area contributed by atoms with Crippen LogP contribution in [0.2, 0.25) is 0 Å². The van der Waals surface area contributed by atoms with Crippen molar-refractivity contribution in [2.45, 2.75) is 63.6 Å². The third kappa shape index (κ3) is 6.57. The Morgan fingerprint density at radius 1 is 1.16 bits per heavy atom. The molecule has 1 aromatic carbocycles. The Morgan fingerprint density at radius 3 is 2.72 bits per heavy atom. The molecule has 3 aromatic heterocycles. The maximum absolute atomic E-state index is 12.4. The molecule has 4 aromatic rings. The van der Waals surface area contributed by atoms with E-state index in [4.69, 9.17) is 14.7 Å². The number of nitrogen functional groups attached to an aromatic ring is 1. The molecule has 17 nitrogen and oxygen atoms in total. The number of nitrogens with zero attached hydrogens (tertiary/aromatic N) is 7. The number of rotatable bonds is 12. The van der Waals surface area contributed by atoms with Crippen molar-refractivity contribution in [3.05, 3.63) is 48.0 Å². The Morgan fingerprint density at radius 2 is 1.95 bits per heavy atom. The minimum absolute atomic E-state index is 0.0259. The number of fused-ring (bicyclic) bond motifs is 1. The van der Waals surface area contributed by atoms with Crippen molar-refractivity contribution in [3.8, 4) is 11.7 Å². The first-order chi connectivity index (χ1) is 20.6. The van der Waals surface area contributed by atoms with Gasteiger partial charge in [0, 0.05) is 0 Å². The zero-order chi connectivity index (χ0) is 30.7. The zero-order valence-electron chi connectivity index (χ0n) is 23.0. The number of ether oxygens (including phenoxy) is 1. The predicted octanol–water partition coefficient (Wildman–Crippen LogP) is 0.128. The highest BCUT2D eigenvalue weighted by Gasteiger charge is 2.45. The number of aromatic hydroxyl groups is 1. The number of para-hydroxylation sites is 1. The van der Waals surface area contributed by atoms with Gasteiger partial charge in [-0.25, -0.2) is 9.71 Å². The largest absolute Gasteiger partial charge is 0.507 e. The van der Waals surface area contributed by atoms with E-state index in [1.807, 2.05) is 0 Å². The van der Waals surface area contributed by atoms with Gasteiger partial charge in [0.1, 0.15) is 29.6 Å². The molecule has 1 aliphatic heterocycles. The molecule has 0 bridgehead atoms. The van der Waals surface area contributed by atoms with E-state index in [0.717, 1.165) is 37.8 Å². The summed E-state index contributed by atoms with van der Waals surface area (Å²) in [4.78, 5) is 25.2. The summed E-state index contributed by atoms with van der Waals surface area (Å²) in [6.07, 6.45) is 2.30. The molecule has 18 heteroatoms. The van der Waals surface area contributed by atoms with Gasteiger partial charge in [-0.05, 0) is 25.0 Å². The molecule has 0 radical (unpaired) electrons. The molecule has 0 saturated carbocycles. The number of imidazole rings is 1. The second-order valence-electron chi connectivity index (χ2n) is 9.93. The zero-order valence-corrected chi connectivity index (χ0v) is 23.8. The van der Waals surface area contributed by atoms with Gasteiger partial charge in [0.2, 0.25) is 0 Å². The molecule has 4 atom stereocenters. The van der Waals surface area contributed by atoms with E-state index in [1.165, 1.54) is 39.8 Å². The Bertz CT molecular complexity index is 1710. The van der Waals surface area contributed by atoms with E-state index in [-0.39, 0.29) is 28.5 Å². The van der Waals surface area contributed by atoms with Gasteiger partial charge >= 0.3 is 10.3 Å². The topological polar surface area (TPSA) is 243 Å². The first kappa shape index (κ1) is 30.2. The van der Waals surface area contributed by atoms with Crippen LogP contribution in [0.1, 0.15) is 54.9 Å². The van der Waals surface area contributed by atoms with Crippen molar-refractivity contribution in [2.75, 3.05) is 12.3 Å². The summed E-state index contributed by atoms with van der Waals surface area (Å²) in [6.45, 7) is 1.38. The van der Waals surface area contributed by atoms with E-state index >= 15 is 0 Å². The van der Waals surface area contributed by atoms with E-state index in [2.05, 4.69) is 32.2 Å². The Hall–Kier alpha value is -4.23. The third-order valence-corrected chi connectivity index (χ3v) is 7.72. The second-order valence-corrected chi connectivity index (χ2v) is 11.3. The normalized spacial score (nSPS) is 20.5. The van der Waals surface area contributed by atoms with Gasteiger partial charge in [-0.2, -0.15) is 23.1 Å². The number of aromatic nitrogens is 7. The average Bonchev–Trinajstić information content (AvgIpc) is 3.68. The van der Waals surface area contributed by atoms with Crippen molar-refractivity contribution in [1.82, 2.24) is 39.2 Å². The molecule has 0 spiro atoms. The predicted molar refractivity (Wildman–Crippen MR) is 149 cm³/mol. The number of nitrogens with two attached hydrogens (primary N) is 1. The van der Waals surface area contributed by atoms with E-state index in [0.29, 0.717) is 0 Å². The first-order valence-corrected chi connectivity index (χ1v) is 14.9. The molecule has 1 saturated heterocycles. The van der Waals surface area contributed by atoms with Gasteiger partial charge in [-0.1, -0.05) is 43.5 Å². The van der Waals surface area contributed by atoms with Gasteiger partial charge in [0.05, 0.1) is 30.4 Å². The number of aliphatic hydroxyl groups excluding tert-OH is 2. The number of anilines is 1. The Labute approximate surface area is 245 Å². The Kier molecular flexibility index (Phi) is 8.83. The number of phenolic OH excluding ortho intramolecular Hbond substituents is 1. The van der Waals surface area contributed by atoms with Crippen LogP contribution < -0.4 is 10.5 Å². The van der Waals surface area contributed by atoms with Gasteiger partial charge < -0.3 is 25.8 Å². The van der Waals surface area contributed by atoms with Crippen LogP contribution in [0.5, 0.6) is 5.75 Å². The summed E-state index contributed by atoms with van der Waals surface area (Å²) in [5, 5.41) is 39.4. The number of benzene rings is 1. The fourth-order valence-electron chi connectivity index (χ4n) is 4.58. The first-order valence-electron chi connectivity index (χ1n) is 13.5. The lowest BCUT2D eigenvalue weighted by Crippen LogP contribution is -2.37. The second kappa shape index (κ2) is 12.6. The number of hydrogen-bond acceptors (Lipinski definition) is 14. The van der Waals surface area contributed by atoms with E-state index in [1.54, 1.807) is 10.9 Å². The molecule has 4 heterocycles. The average molecular weight is 618 g/mol. The van der Waals surface area contributed by atoms with Crippen LogP contribution in [0.15, 0.2) is 36.8 Å². The van der Waals surface area contributed by atoms with Crippen LogP contribution >= 0.6 is 0 Å². The lowest BCUT2D eigenvalue weighted by Gasteiger charge is -2.16. The summed E-state index contributed by atoms with van der Waals surface area (Å²) in [6, 6.07) is 5.33. The molecule has 6 N–H and O–H groups in total. The summed E-state index contributed by atoms with van der Waals surface area (Å²) in [5.74, 6) is -1.43. The molecule has 5 rings (SSSR count). The molecular formula is C25H31N9O8S. The van der Waals surface area contributed by atoms with Gasteiger partial charge in [-0.15, -0.1) is 5.10 Å². The molecular weight excluding hydrogens is 586 g/mol. The standard InChI is InChI=1S/C25H31N9O8S/c1-2-3-4-5-8-14-11-34(32-30-14)25-28-21(26)18-22(29-25)33(13-27-18)24-20(37)19(36)17(42-24)12-41-43(39,40)31-23(38)15-9-6-7-10-16(15)35/h6-7,9-11,13,17,19-20,24,35-37H,2-5,8,12H2,1H3,(H,31,38)(H2,26,28,29)/t17-,19-,20-,24-/m1/s1. The van der Waals surface area contributed by atoms with Crippen LogP contribution in [0.4, 0.5) is 5.82 Å². The van der Waals surface area contributed by atoms with E-state index < -0.39 is 53.1 Å². The molecule has 1 amide bonds. The highest BCUT2D eigenvalue weighted by Crippen LogP contribution is 2.32. The van der Waals surface area contributed by atoms with Crippen molar-refractivity contribution in [3.63, 3.8) is 0 Å². The van der Waals surface area contributed by atoms with Gasteiger partial charge in [0.15, 0.2) is 17.7 Å². The van der Waals surface area contributed by atoms with Crippen LogP contribution in [-0.4, -0.2) is 89.1 Å². The van der Waals surface area contributed by atoms with Crippen molar-refractivity contribution in [2.24, 2.45) is 0 Å². The van der Waals surface area contributed by atoms with Crippen molar-refractivity contribution in [1.29, 1.82) is 0 Å². The molecule has 230 valence electrons. The number of amides is 1. The number of phenols is 1. The van der Waals surface area contributed by atoms with Gasteiger partial charge in [0.25, 0.3) is 11.9 Å². The number of aliphatic hydroxyl groups is 2. The van der Waals surface area contributed by atoms with Crippen LogP contribution in [0, 0.1) is 0 Å². The fourth-order valence-corrected chi connectivity index (χ4v) is 5.28. The van der Waals surface area contributed by atoms with E-state index in [9.17, 15) is 28.5 Å². The minimum Gasteiger partial charge on any atom is -0.507 e. The number of hydrogen-bond donors (Lipinski definition) is 5. The maximum Gasteiger partial charge on any atom is 0.362 e. The number of carbonyl (C=O) groups is 1. The summed E-state index contributed by atoms with van der Waals surface area (Å²) in [7, 11) is -4.68. The molecule has 1 fully saturated rings. The molecule has 0 aliphatic carbocycles. The summed E-state index contributed by atoms with van der Waals surface area (Å²) in [5.41, 5.74) is 6.95. The van der Waals surface area contributed by atoms with Crippen LogP contribution in [0.25, 0.3) is 17.1 Å². The maximum atomic E-state index is 12.4. The number of nitrogens with one attached hydrogen (secondary N) is 1. The van der Waals surface area contributed by atoms with Gasteiger partial charge in [-0.3, -0.25) is 13.5 Å². The highest BCUT2D eigenvalue weighted by atomic mass is 32.2. The fraction of sp³-hybridized carbons (Fsp3) is 0.440. The molecule has 1 aliphatic rings. The van der Waals surface area contributed by atoms with Crippen molar-refractivity contribution >= 4 is 33.2 Å².